The number of nitrogens with one attached hydrogen (secondary N) is 2. The Morgan fingerprint density at radius 3 is 2.52 bits per heavy atom. The number of carbonyl (C=O) groups is 3. The highest BCUT2D eigenvalue weighted by Crippen LogP contribution is 2.33. The van der Waals surface area contributed by atoms with Crippen LogP contribution in [0.3, 0.4) is 0 Å². The van der Waals surface area contributed by atoms with E-state index < -0.39 is 17.8 Å². The lowest BCUT2D eigenvalue weighted by Crippen LogP contribution is -2.28. The van der Waals surface area contributed by atoms with Gasteiger partial charge in [0, 0.05) is 55.3 Å². The highest BCUT2D eigenvalue weighted by molar-refractivity contribution is 5.97. The molecule has 0 atom stereocenters. The maximum Gasteiger partial charge on any atom is 0.411 e. The molecule has 3 aromatic heterocycles. The molecule has 4 N–H and O–H groups in total. The van der Waals surface area contributed by atoms with Crippen LogP contribution in [0.25, 0.3) is 27.9 Å². The van der Waals surface area contributed by atoms with Crippen LogP contribution in [0, 0.1) is 5.82 Å². The molecule has 7 aromatic rings. The number of aromatic hydroxyl groups is 2. The second-order valence-corrected chi connectivity index (χ2v) is 14.6. The maximum atomic E-state index is 15.2. The first-order valence-corrected chi connectivity index (χ1v) is 19.5. The number of hydrogen-bond acceptors (Lipinski definition) is 11. The molecule has 4 aromatic carbocycles. The lowest BCUT2D eigenvalue weighted by atomic mass is 9.98. The molecule has 0 unspecified atom stereocenters. The second kappa shape index (κ2) is 18.6. The zero-order valence-corrected chi connectivity index (χ0v) is 33.6. The number of rotatable bonds is 15. The van der Waals surface area contributed by atoms with Crippen molar-refractivity contribution in [3.8, 4) is 22.8 Å². The largest absolute Gasteiger partial charge is 0.508 e. The van der Waals surface area contributed by atoms with Gasteiger partial charge in [-0.2, -0.15) is 5.10 Å². The van der Waals surface area contributed by atoms with Gasteiger partial charge in [-0.1, -0.05) is 44.2 Å². The molecule has 0 fully saturated rings. The number of imidazole rings is 1. The van der Waals surface area contributed by atoms with E-state index in [2.05, 4.69) is 36.8 Å². The zero-order chi connectivity index (χ0) is 43.0. The van der Waals surface area contributed by atoms with E-state index in [9.17, 15) is 24.6 Å². The van der Waals surface area contributed by atoms with E-state index in [1.165, 1.54) is 35.4 Å². The van der Waals surface area contributed by atoms with Crippen molar-refractivity contribution in [2.45, 2.75) is 32.7 Å². The number of aromatic nitrogens is 5. The molecule has 0 spiro atoms. The van der Waals surface area contributed by atoms with E-state index in [1.807, 2.05) is 38.1 Å². The Labute approximate surface area is 349 Å². The molecule has 16 heteroatoms. The number of phenols is 2. The first-order valence-electron chi connectivity index (χ1n) is 19.5. The van der Waals surface area contributed by atoms with E-state index in [0.29, 0.717) is 40.1 Å². The fourth-order valence-corrected chi connectivity index (χ4v) is 6.66. The van der Waals surface area contributed by atoms with Gasteiger partial charge in [-0.3, -0.25) is 19.9 Å². The number of carbonyl (C=O) groups excluding carboxylic acids is 3. The fourth-order valence-electron chi connectivity index (χ4n) is 6.66. The first-order chi connectivity index (χ1) is 29.4. The van der Waals surface area contributed by atoms with Crippen molar-refractivity contribution in [2.75, 3.05) is 38.7 Å². The molecule has 0 aliphatic rings. The number of amides is 3. The van der Waals surface area contributed by atoms with Gasteiger partial charge in [0.15, 0.2) is 0 Å². The van der Waals surface area contributed by atoms with Crippen molar-refractivity contribution in [2.24, 2.45) is 0 Å². The van der Waals surface area contributed by atoms with Crippen molar-refractivity contribution in [3.63, 3.8) is 0 Å². The van der Waals surface area contributed by atoms with Crippen LogP contribution in [-0.4, -0.2) is 91.0 Å². The maximum absolute atomic E-state index is 15.2. The molecule has 3 heterocycles. The average Bonchev–Trinajstić information content (AvgIpc) is 3.65. The van der Waals surface area contributed by atoms with Crippen molar-refractivity contribution in [3.05, 3.63) is 143 Å². The third kappa shape index (κ3) is 10.1. The molecular weight excluding hydrogens is 784 g/mol. The fraction of sp³-hybridized carbons (Fsp3) is 0.222. The van der Waals surface area contributed by atoms with E-state index >= 15 is 4.39 Å². The minimum absolute atomic E-state index is 0.0330. The van der Waals surface area contributed by atoms with Crippen LogP contribution in [0.4, 0.5) is 14.9 Å². The summed E-state index contributed by atoms with van der Waals surface area (Å²) in [5.41, 5.74) is 5.22. The Bertz CT molecular complexity index is 2740. The molecule has 0 bridgehead atoms. The third-order valence-electron chi connectivity index (χ3n) is 9.80. The van der Waals surface area contributed by atoms with Gasteiger partial charge in [0.2, 0.25) is 0 Å². The van der Waals surface area contributed by atoms with Crippen LogP contribution >= 0.6 is 0 Å². The lowest BCUT2D eigenvalue weighted by Gasteiger charge is -2.20. The summed E-state index contributed by atoms with van der Waals surface area (Å²) < 4.78 is 27.4. The molecular formula is C45H43FN8O7. The van der Waals surface area contributed by atoms with Gasteiger partial charge >= 0.3 is 6.09 Å². The molecule has 3 amide bonds. The number of anilines is 1. The van der Waals surface area contributed by atoms with Crippen LogP contribution in [0.15, 0.2) is 104 Å². The summed E-state index contributed by atoms with van der Waals surface area (Å²) >= 11 is 0. The Balaban J connectivity index is 0.833. The van der Waals surface area contributed by atoms with Gasteiger partial charge in [-0.15, -0.1) is 0 Å². The summed E-state index contributed by atoms with van der Waals surface area (Å²) in [5.74, 6) is -1.53. The monoisotopic (exact) mass is 826 g/mol. The summed E-state index contributed by atoms with van der Waals surface area (Å²) in [7, 11) is 1.58. The summed E-state index contributed by atoms with van der Waals surface area (Å²) in [6.45, 7) is 4.13. The summed E-state index contributed by atoms with van der Waals surface area (Å²) in [4.78, 5) is 52.9. The quantitative estimate of drug-likeness (QED) is 0.0789. The topological polar surface area (TPSA) is 193 Å². The van der Waals surface area contributed by atoms with Gasteiger partial charge in [-0.05, 0) is 71.1 Å². The summed E-state index contributed by atoms with van der Waals surface area (Å²) in [5, 5.41) is 31.3. The Hall–Kier alpha value is -7.46. The van der Waals surface area contributed by atoms with Gasteiger partial charge in [0.25, 0.3) is 17.6 Å². The van der Waals surface area contributed by atoms with E-state index in [4.69, 9.17) is 9.47 Å². The van der Waals surface area contributed by atoms with Crippen LogP contribution in [0.2, 0.25) is 0 Å². The Kier molecular flexibility index (Phi) is 12.7. The number of halogens is 1. The Morgan fingerprint density at radius 1 is 0.869 bits per heavy atom. The zero-order valence-electron chi connectivity index (χ0n) is 33.6. The van der Waals surface area contributed by atoms with Crippen molar-refractivity contribution in [1.82, 2.24) is 34.8 Å². The predicted molar refractivity (Wildman–Crippen MR) is 225 cm³/mol. The number of benzene rings is 4. The number of ether oxygens (including phenoxy) is 2. The minimum atomic E-state index is -0.871. The molecule has 61 heavy (non-hydrogen) atoms. The number of pyridine rings is 1. The molecule has 0 radical (unpaired) electrons. The molecule has 7 rings (SSSR count). The summed E-state index contributed by atoms with van der Waals surface area (Å²) in [6, 6.07) is 23.6. The molecule has 0 saturated carbocycles. The van der Waals surface area contributed by atoms with Crippen molar-refractivity contribution >= 4 is 40.3 Å². The van der Waals surface area contributed by atoms with Crippen LogP contribution in [-0.2, 0) is 22.4 Å². The smallest absolute Gasteiger partial charge is 0.411 e. The number of fused-ring (bicyclic) bond motifs is 2. The lowest BCUT2D eigenvalue weighted by molar-refractivity contribution is 0.0757. The highest BCUT2D eigenvalue weighted by Gasteiger charge is 2.21. The van der Waals surface area contributed by atoms with Crippen LogP contribution in [0.5, 0.6) is 11.5 Å². The molecule has 15 nitrogen and oxygen atoms in total. The van der Waals surface area contributed by atoms with Crippen molar-refractivity contribution < 1.29 is 38.5 Å². The van der Waals surface area contributed by atoms with E-state index in [-0.39, 0.29) is 67.5 Å². The van der Waals surface area contributed by atoms with Gasteiger partial charge < -0.3 is 29.9 Å². The second-order valence-electron chi connectivity index (χ2n) is 14.6. The van der Waals surface area contributed by atoms with Gasteiger partial charge in [-0.25, -0.2) is 23.7 Å². The minimum Gasteiger partial charge on any atom is -0.508 e. The van der Waals surface area contributed by atoms with E-state index in [0.717, 1.165) is 22.2 Å². The van der Waals surface area contributed by atoms with Gasteiger partial charge in [0.05, 0.1) is 48.1 Å². The predicted octanol–water partition coefficient (Wildman–Crippen LogP) is 6.87. The van der Waals surface area contributed by atoms with Crippen LogP contribution < -0.4 is 10.6 Å². The Morgan fingerprint density at radius 2 is 1.70 bits per heavy atom. The summed E-state index contributed by atoms with van der Waals surface area (Å²) in [6.07, 6.45) is 4.65. The third-order valence-corrected chi connectivity index (χ3v) is 9.80. The number of hydrogen-bond donors (Lipinski definition) is 4. The molecule has 312 valence electrons. The molecule has 0 saturated heterocycles. The standard InChI is InChI=1S/C45H43FN8O7/c1-27(2)34-22-35(41(56)23-40(34)55)43(58)53(3)26-29-6-4-7-32(19-29)42(57)48-14-15-60-16-17-61-45(59)51-38-12-10-31(21-36(38)46)39-25-50-44-49-24-33(54(44)52-39)20-28-9-11-37-30(18-28)8-5-13-47-37/h4-13,18-19,21-25,27,55-56H,14-17,20,26H2,1-3H3,(H,48,57)(H,51,59). The van der Waals surface area contributed by atoms with E-state index in [1.54, 1.807) is 54.3 Å². The first kappa shape index (κ1) is 41.7. The molecule has 0 aliphatic heterocycles. The highest BCUT2D eigenvalue weighted by atomic mass is 19.1. The molecule has 0 aliphatic carbocycles. The van der Waals surface area contributed by atoms with Crippen molar-refractivity contribution in [1.29, 1.82) is 0 Å². The van der Waals surface area contributed by atoms with Gasteiger partial charge in [0.1, 0.15) is 29.6 Å². The number of nitrogens with zero attached hydrogens (tertiary/aromatic N) is 6. The number of phenolic OH excluding ortho intramolecular Hbond substituents is 2. The SMILES string of the molecule is CC(C)c1cc(C(=O)N(C)Cc2cccc(C(=O)NCCOCCOC(=O)Nc3ccc(-c4cnc5ncc(Cc6ccc7ncccc7c6)n5n4)cc3F)c2)c(O)cc1O. The van der Waals surface area contributed by atoms with Crippen LogP contribution in [0.1, 0.15) is 62.9 Å². The average molecular weight is 827 g/mol. The normalized spacial score (nSPS) is 11.2.